The summed E-state index contributed by atoms with van der Waals surface area (Å²) in [6.45, 7) is 10.4. The maximum atomic E-state index is 11.5. The van der Waals surface area contributed by atoms with Crippen molar-refractivity contribution in [3.8, 4) is 0 Å². The predicted molar refractivity (Wildman–Crippen MR) is 86.8 cm³/mol. The number of rotatable bonds is 8. The molecule has 0 aliphatic carbocycles. The summed E-state index contributed by atoms with van der Waals surface area (Å²) in [7, 11) is 0. The van der Waals surface area contributed by atoms with Gasteiger partial charge in [-0.05, 0) is 40.2 Å². The SMILES string of the molecule is CC(C)(C)OC(=O)COCCOC(C)(C)Cc1ccccc1. The Balaban J connectivity index is 2.19. The first-order valence-electron chi connectivity index (χ1n) is 7.65. The molecule has 0 bridgehead atoms. The van der Waals surface area contributed by atoms with Crippen LogP contribution in [0, 0.1) is 0 Å². The minimum atomic E-state index is -0.478. The van der Waals surface area contributed by atoms with Crippen LogP contribution in [0.15, 0.2) is 30.3 Å². The Labute approximate surface area is 133 Å². The van der Waals surface area contributed by atoms with Gasteiger partial charge in [-0.2, -0.15) is 0 Å². The summed E-state index contributed by atoms with van der Waals surface area (Å²) in [5, 5.41) is 0. The van der Waals surface area contributed by atoms with Crippen LogP contribution in [-0.2, 0) is 25.4 Å². The van der Waals surface area contributed by atoms with E-state index in [-0.39, 0.29) is 18.2 Å². The molecule has 0 saturated heterocycles. The summed E-state index contributed by atoms with van der Waals surface area (Å²) in [6, 6.07) is 10.2. The Morgan fingerprint density at radius 2 is 1.64 bits per heavy atom. The van der Waals surface area contributed by atoms with Crippen molar-refractivity contribution < 1.29 is 19.0 Å². The van der Waals surface area contributed by atoms with E-state index >= 15 is 0 Å². The lowest BCUT2D eigenvalue weighted by molar-refractivity contribution is -0.161. The molecule has 22 heavy (non-hydrogen) atoms. The largest absolute Gasteiger partial charge is 0.458 e. The molecule has 1 aromatic rings. The van der Waals surface area contributed by atoms with Crippen LogP contribution in [0.4, 0.5) is 0 Å². The van der Waals surface area contributed by atoms with Crippen LogP contribution in [0.5, 0.6) is 0 Å². The number of carbonyl (C=O) groups is 1. The maximum Gasteiger partial charge on any atom is 0.332 e. The van der Waals surface area contributed by atoms with Crippen LogP contribution < -0.4 is 0 Å². The average molecular weight is 308 g/mol. The molecular formula is C18H28O4. The summed E-state index contributed by atoms with van der Waals surface area (Å²) in [6.07, 6.45) is 0.833. The molecule has 0 radical (unpaired) electrons. The predicted octanol–water partition coefficient (Wildman–Crippen LogP) is 3.38. The number of benzene rings is 1. The Kier molecular flexibility index (Phi) is 7.04. The Bertz CT molecular complexity index is 446. The van der Waals surface area contributed by atoms with Crippen LogP contribution in [-0.4, -0.2) is 37.0 Å². The number of esters is 1. The number of hydrogen-bond acceptors (Lipinski definition) is 4. The molecule has 0 amide bonds. The van der Waals surface area contributed by atoms with Gasteiger partial charge in [0, 0.05) is 6.42 Å². The molecular weight excluding hydrogens is 280 g/mol. The van der Waals surface area contributed by atoms with Crippen LogP contribution in [0.25, 0.3) is 0 Å². The van der Waals surface area contributed by atoms with Crippen molar-refractivity contribution in [1.29, 1.82) is 0 Å². The summed E-state index contributed by atoms with van der Waals surface area (Å²) in [5.74, 6) is -0.351. The lowest BCUT2D eigenvalue weighted by Gasteiger charge is -2.25. The number of ether oxygens (including phenoxy) is 3. The van der Waals surface area contributed by atoms with E-state index in [1.807, 2.05) is 52.8 Å². The zero-order valence-electron chi connectivity index (χ0n) is 14.3. The number of carbonyl (C=O) groups excluding carboxylic acids is 1. The minimum absolute atomic E-state index is 0.0419. The van der Waals surface area contributed by atoms with Gasteiger partial charge in [-0.25, -0.2) is 4.79 Å². The standard InChI is InChI=1S/C18H28O4/c1-17(2,3)22-16(19)14-20-11-12-21-18(4,5)13-15-9-7-6-8-10-15/h6-10H,11-14H2,1-5H3. The van der Waals surface area contributed by atoms with Gasteiger partial charge < -0.3 is 14.2 Å². The Morgan fingerprint density at radius 1 is 1.00 bits per heavy atom. The van der Waals surface area contributed by atoms with E-state index < -0.39 is 5.60 Å². The van der Waals surface area contributed by atoms with Gasteiger partial charge in [0.25, 0.3) is 0 Å². The van der Waals surface area contributed by atoms with Crippen molar-refractivity contribution in [2.24, 2.45) is 0 Å². The Hall–Kier alpha value is -1.39. The quantitative estimate of drug-likeness (QED) is 0.545. The van der Waals surface area contributed by atoms with Gasteiger partial charge in [0.15, 0.2) is 0 Å². The van der Waals surface area contributed by atoms with Crippen molar-refractivity contribution >= 4 is 5.97 Å². The first-order valence-corrected chi connectivity index (χ1v) is 7.65. The molecule has 0 unspecified atom stereocenters. The van der Waals surface area contributed by atoms with Gasteiger partial charge in [0.05, 0.1) is 18.8 Å². The fourth-order valence-electron chi connectivity index (χ4n) is 2.04. The molecule has 1 aromatic carbocycles. The summed E-state index contributed by atoms with van der Waals surface area (Å²) >= 11 is 0. The molecule has 0 fully saturated rings. The molecule has 4 heteroatoms. The fourth-order valence-corrected chi connectivity index (χ4v) is 2.04. The van der Waals surface area contributed by atoms with Crippen LogP contribution >= 0.6 is 0 Å². The molecule has 124 valence electrons. The minimum Gasteiger partial charge on any atom is -0.458 e. The van der Waals surface area contributed by atoms with Crippen LogP contribution in [0.3, 0.4) is 0 Å². The highest BCUT2D eigenvalue weighted by Crippen LogP contribution is 2.16. The lowest BCUT2D eigenvalue weighted by atomic mass is 9.98. The topological polar surface area (TPSA) is 44.8 Å². The number of hydrogen-bond donors (Lipinski definition) is 0. The molecule has 0 saturated carbocycles. The third-order valence-corrected chi connectivity index (χ3v) is 2.83. The van der Waals surface area contributed by atoms with E-state index in [1.54, 1.807) is 0 Å². The molecule has 1 rings (SSSR count). The highest BCUT2D eigenvalue weighted by molar-refractivity contribution is 5.71. The van der Waals surface area contributed by atoms with E-state index in [9.17, 15) is 4.79 Å². The van der Waals surface area contributed by atoms with Crippen molar-refractivity contribution in [3.63, 3.8) is 0 Å². The van der Waals surface area contributed by atoms with Gasteiger partial charge in [-0.1, -0.05) is 30.3 Å². The zero-order chi connectivity index (χ0) is 16.6. The van der Waals surface area contributed by atoms with Gasteiger partial charge >= 0.3 is 5.97 Å². The average Bonchev–Trinajstić information content (AvgIpc) is 2.36. The zero-order valence-corrected chi connectivity index (χ0v) is 14.3. The van der Waals surface area contributed by atoms with E-state index in [0.717, 1.165) is 6.42 Å². The van der Waals surface area contributed by atoms with E-state index in [1.165, 1.54) is 5.56 Å². The summed E-state index contributed by atoms with van der Waals surface area (Å²) < 4.78 is 16.3. The van der Waals surface area contributed by atoms with Gasteiger partial charge in [0.1, 0.15) is 12.2 Å². The first-order chi connectivity index (χ1) is 10.2. The molecule has 0 aliphatic heterocycles. The van der Waals surface area contributed by atoms with Crippen LogP contribution in [0.2, 0.25) is 0 Å². The second-order valence-corrected chi connectivity index (χ2v) is 6.91. The molecule has 0 aliphatic rings. The lowest BCUT2D eigenvalue weighted by Crippen LogP contribution is -2.30. The van der Waals surface area contributed by atoms with Gasteiger partial charge in [-0.15, -0.1) is 0 Å². The molecule has 0 aromatic heterocycles. The molecule has 0 heterocycles. The van der Waals surface area contributed by atoms with Gasteiger partial charge in [-0.3, -0.25) is 0 Å². The van der Waals surface area contributed by atoms with Crippen molar-refractivity contribution in [2.75, 3.05) is 19.8 Å². The van der Waals surface area contributed by atoms with Gasteiger partial charge in [0.2, 0.25) is 0 Å². The first kappa shape index (κ1) is 18.7. The second kappa shape index (κ2) is 8.30. The van der Waals surface area contributed by atoms with E-state index in [4.69, 9.17) is 14.2 Å². The van der Waals surface area contributed by atoms with Crippen molar-refractivity contribution in [1.82, 2.24) is 0 Å². The second-order valence-electron chi connectivity index (χ2n) is 6.91. The summed E-state index contributed by atoms with van der Waals surface area (Å²) in [4.78, 5) is 11.5. The Morgan fingerprint density at radius 3 is 2.23 bits per heavy atom. The monoisotopic (exact) mass is 308 g/mol. The highest BCUT2D eigenvalue weighted by atomic mass is 16.6. The van der Waals surface area contributed by atoms with E-state index in [2.05, 4.69) is 12.1 Å². The third-order valence-electron chi connectivity index (χ3n) is 2.83. The normalized spacial score (nSPS) is 12.2. The molecule has 4 nitrogen and oxygen atoms in total. The molecule has 0 atom stereocenters. The molecule has 0 N–H and O–H groups in total. The summed E-state index contributed by atoms with van der Waals surface area (Å²) in [5.41, 5.74) is 0.493. The molecule has 0 spiro atoms. The maximum absolute atomic E-state index is 11.5. The third kappa shape index (κ3) is 8.80. The van der Waals surface area contributed by atoms with Crippen molar-refractivity contribution in [3.05, 3.63) is 35.9 Å². The smallest absolute Gasteiger partial charge is 0.332 e. The van der Waals surface area contributed by atoms with Crippen LogP contribution in [0.1, 0.15) is 40.2 Å². The highest BCUT2D eigenvalue weighted by Gasteiger charge is 2.19. The van der Waals surface area contributed by atoms with E-state index in [0.29, 0.717) is 13.2 Å². The fraction of sp³-hybridized carbons (Fsp3) is 0.611. The van der Waals surface area contributed by atoms with Crippen molar-refractivity contribution in [2.45, 2.75) is 52.2 Å².